The number of nitrogen functional groups attached to an aromatic ring is 1. The molecular formula is C16H12BrFN2OS. The Morgan fingerprint density at radius 2 is 2.00 bits per heavy atom. The maximum absolute atomic E-state index is 13.8. The smallest absolute Gasteiger partial charge is 0.195 e. The van der Waals surface area contributed by atoms with E-state index in [4.69, 9.17) is 11.0 Å². The van der Waals surface area contributed by atoms with Gasteiger partial charge in [-0.1, -0.05) is 15.9 Å². The van der Waals surface area contributed by atoms with Crippen molar-refractivity contribution in [3.05, 3.63) is 63.4 Å². The van der Waals surface area contributed by atoms with E-state index in [1.807, 2.05) is 6.07 Å². The molecule has 0 aliphatic rings. The van der Waals surface area contributed by atoms with Gasteiger partial charge in [-0.2, -0.15) is 5.26 Å². The van der Waals surface area contributed by atoms with Gasteiger partial charge < -0.3 is 5.73 Å². The van der Waals surface area contributed by atoms with E-state index >= 15 is 0 Å². The molecule has 2 aromatic rings. The van der Waals surface area contributed by atoms with Crippen molar-refractivity contribution >= 4 is 39.2 Å². The van der Waals surface area contributed by atoms with Gasteiger partial charge >= 0.3 is 0 Å². The van der Waals surface area contributed by atoms with E-state index in [0.717, 1.165) is 10.5 Å². The minimum absolute atomic E-state index is 0.0756. The van der Waals surface area contributed by atoms with Crippen LogP contribution in [0.15, 0.2) is 40.9 Å². The molecule has 0 fully saturated rings. The molecular weight excluding hydrogens is 367 g/mol. The number of rotatable bonds is 4. The standard InChI is InChI=1S/C16H12BrFN2OS/c1-22-14(8-19)12-6-11(18)7-13(15(12)20)16(21)9-2-4-10(17)5-3-9/h2-7,14H,20H2,1H3. The summed E-state index contributed by atoms with van der Waals surface area (Å²) >= 11 is 4.53. The van der Waals surface area contributed by atoms with Crippen molar-refractivity contribution in [1.82, 2.24) is 0 Å². The average molecular weight is 379 g/mol. The topological polar surface area (TPSA) is 66.9 Å². The summed E-state index contributed by atoms with van der Waals surface area (Å²) in [7, 11) is 0. The SMILES string of the molecule is CSC(C#N)c1cc(F)cc(C(=O)c2ccc(Br)cc2)c1N. The van der Waals surface area contributed by atoms with Crippen LogP contribution >= 0.6 is 27.7 Å². The van der Waals surface area contributed by atoms with Crippen LogP contribution in [0, 0.1) is 17.1 Å². The van der Waals surface area contributed by atoms with Crippen molar-refractivity contribution in [2.75, 3.05) is 12.0 Å². The molecule has 0 aliphatic carbocycles. The number of carbonyl (C=O) groups is 1. The normalized spacial score (nSPS) is 11.7. The summed E-state index contributed by atoms with van der Waals surface area (Å²) in [4.78, 5) is 12.5. The Morgan fingerprint density at radius 3 is 2.55 bits per heavy atom. The molecule has 112 valence electrons. The summed E-state index contributed by atoms with van der Waals surface area (Å²) in [5.74, 6) is -0.956. The Hall–Kier alpha value is -1.84. The Bertz CT molecular complexity index is 756. The van der Waals surface area contributed by atoms with Gasteiger partial charge in [-0.05, 0) is 42.7 Å². The van der Waals surface area contributed by atoms with Gasteiger partial charge in [0.15, 0.2) is 5.78 Å². The highest BCUT2D eigenvalue weighted by Crippen LogP contribution is 2.33. The lowest BCUT2D eigenvalue weighted by Gasteiger charge is -2.14. The number of hydrogen-bond donors (Lipinski definition) is 1. The molecule has 0 radical (unpaired) electrons. The first-order valence-corrected chi connectivity index (χ1v) is 8.37. The molecule has 6 heteroatoms. The van der Waals surface area contributed by atoms with Crippen molar-refractivity contribution < 1.29 is 9.18 Å². The van der Waals surface area contributed by atoms with Crippen LogP contribution in [0.5, 0.6) is 0 Å². The Kier molecular flexibility index (Phi) is 5.22. The van der Waals surface area contributed by atoms with Crippen molar-refractivity contribution in [2.45, 2.75) is 5.25 Å². The molecule has 0 aromatic heterocycles. The van der Waals surface area contributed by atoms with Gasteiger partial charge in [0, 0.05) is 26.9 Å². The number of nitrogens with zero attached hydrogens (tertiary/aromatic N) is 1. The summed E-state index contributed by atoms with van der Waals surface area (Å²) in [5, 5.41) is 8.51. The number of nitriles is 1. The van der Waals surface area contributed by atoms with Gasteiger partial charge in [-0.15, -0.1) is 11.8 Å². The number of halogens is 2. The van der Waals surface area contributed by atoms with Crippen LogP contribution in [-0.4, -0.2) is 12.0 Å². The highest BCUT2D eigenvalue weighted by molar-refractivity contribution is 9.10. The summed E-state index contributed by atoms with van der Waals surface area (Å²) in [6, 6.07) is 11.1. The van der Waals surface area contributed by atoms with Gasteiger partial charge in [0.1, 0.15) is 11.1 Å². The third kappa shape index (κ3) is 3.32. The minimum atomic E-state index is -0.618. The molecule has 2 rings (SSSR count). The zero-order valence-corrected chi connectivity index (χ0v) is 14.0. The number of anilines is 1. The molecule has 1 atom stereocenters. The van der Waals surface area contributed by atoms with Crippen molar-refractivity contribution in [2.24, 2.45) is 0 Å². The molecule has 0 amide bonds. The van der Waals surface area contributed by atoms with Crippen molar-refractivity contribution in [3.8, 4) is 6.07 Å². The van der Waals surface area contributed by atoms with Gasteiger partial charge in [-0.25, -0.2) is 4.39 Å². The maximum atomic E-state index is 13.8. The molecule has 0 saturated carbocycles. The number of thioether (sulfide) groups is 1. The Balaban J connectivity index is 2.54. The summed E-state index contributed by atoms with van der Waals surface area (Å²) in [6.45, 7) is 0. The fraction of sp³-hybridized carbons (Fsp3) is 0.125. The zero-order valence-electron chi connectivity index (χ0n) is 11.6. The second-order valence-electron chi connectivity index (χ2n) is 4.54. The van der Waals surface area contributed by atoms with E-state index in [9.17, 15) is 9.18 Å². The molecule has 0 heterocycles. The van der Waals surface area contributed by atoms with Gasteiger partial charge in [-0.3, -0.25) is 4.79 Å². The van der Waals surface area contributed by atoms with Gasteiger partial charge in [0.05, 0.1) is 6.07 Å². The molecule has 2 N–H and O–H groups in total. The zero-order chi connectivity index (χ0) is 16.3. The van der Waals surface area contributed by atoms with Crippen LogP contribution < -0.4 is 5.73 Å². The van der Waals surface area contributed by atoms with E-state index in [-0.39, 0.29) is 17.0 Å². The van der Waals surface area contributed by atoms with Crippen LogP contribution in [0.2, 0.25) is 0 Å². The van der Waals surface area contributed by atoms with Crippen molar-refractivity contribution in [3.63, 3.8) is 0 Å². The van der Waals surface area contributed by atoms with Crippen LogP contribution in [0.1, 0.15) is 26.7 Å². The Labute approximate surface area is 140 Å². The number of benzene rings is 2. The van der Waals surface area contributed by atoms with Crippen LogP contribution in [0.4, 0.5) is 10.1 Å². The lowest BCUT2D eigenvalue weighted by molar-refractivity contribution is 0.103. The lowest BCUT2D eigenvalue weighted by atomic mass is 9.97. The van der Waals surface area contributed by atoms with E-state index in [1.165, 1.54) is 17.8 Å². The van der Waals surface area contributed by atoms with Gasteiger partial charge in [0.25, 0.3) is 0 Å². The third-order valence-electron chi connectivity index (χ3n) is 3.16. The van der Waals surface area contributed by atoms with Crippen LogP contribution in [-0.2, 0) is 0 Å². The quantitative estimate of drug-likeness (QED) is 0.634. The predicted octanol–water partition coefficient (Wildman–Crippen LogP) is 4.33. The van der Waals surface area contributed by atoms with E-state index in [1.54, 1.807) is 30.5 Å². The van der Waals surface area contributed by atoms with Crippen LogP contribution in [0.25, 0.3) is 0 Å². The highest BCUT2D eigenvalue weighted by Gasteiger charge is 2.21. The molecule has 22 heavy (non-hydrogen) atoms. The molecule has 3 nitrogen and oxygen atoms in total. The summed E-state index contributed by atoms with van der Waals surface area (Å²) in [5.41, 5.74) is 6.97. The molecule has 1 unspecified atom stereocenters. The first-order valence-electron chi connectivity index (χ1n) is 6.29. The molecule has 0 spiro atoms. The number of ketones is 1. The van der Waals surface area contributed by atoms with Crippen molar-refractivity contribution in [1.29, 1.82) is 5.26 Å². The molecule has 0 saturated heterocycles. The summed E-state index contributed by atoms with van der Waals surface area (Å²) < 4.78 is 14.7. The lowest BCUT2D eigenvalue weighted by Crippen LogP contribution is -2.10. The maximum Gasteiger partial charge on any atom is 0.195 e. The fourth-order valence-corrected chi connectivity index (χ4v) is 2.87. The first-order chi connectivity index (χ1) is 10.5. The second kappa shape index (κ2) is 6.95. The largest absolute Gasteiger partial charge is 0.398 e. The van der Waals surface area contributed by atoms with E-state index in [2.05, 4.69) is 15.9 Å². The monoisotopic (exact) mass is 378 g/mol. The number of carbonyl (C=O) groups excluding carboxylic acids is 1. The molecule has 0 aliphatic heterocycles. The summed E-state index contributed by atoms with van der Waals surface area (Å²) in [6.07, 6.45) is 1.73. The third-order valence-corrected chi connectivity index (χ3v) is 4.52. The molecule has 0 bridgehead atoms. The number of hydrogen-bond acceptors (Lipinski definition) is 4. The predicted molar refractivity (Wildman–Crippen MR) is 90.3 cm³/mol. The average Bonchev–Trinajstić information content (AvgIpc) is 2.51. The fourth-order valence-electron chi connectivity index (χ4n) is 2.05. The number of nitrogens with two attached hydrogens (primary N) is 1. The van der Waals surface area contributed by atoms with E-state index < -0.39 is 11.1 Å². The van der Waals surface area contributed by atoms with Crippen LogP contribution in [0.3, 0.4) is 0 Å². The second-order valence-corrected chi connectivity index (χ2v) is 6.40. The minimum Gasteiger partial charge on any atom is -0.398 e. The molecule has 2 aromatic carbocycles. The van der Waals surface area contributed by atoms with Gasteiger partial charge in [0.2, 0.25) is 0 Å². The highest BCUT2D eigenvalue weighted by atomic mass is 79.9. The Morgan fingerprint density at radius 1 is 1.36 bits per heavy atom. The van der Waals surface area contributed by atoms with E-state index in [0.29, 0.717) is 11.1 Å². The first kappa shape index (κ1) is 16.5.